The fourth-order valence-electron chi connectivity index (χ4n) is 1.82. The molecule has 1 aliphatic rings. The van der Waals surface area contributed by atoms with Crippen LogP contribution in [0.15, 0.2) is 23.9 Å². The zero-order valence-corrected chi connectivity index (χ0v) is 11.3. The number of nitrogens with zero attached hydrogens (tertiary/aromatic N) is 2. The van der Waals surface area contributed by atoms with Crippen molar-refractivity contribution >= 4 is 29.1 Å². The highest BCUT2D eigenvalue weighted by molar-refractivity contribution is 6.31. The Morgan fingerprint density at radius 1 is 1.43 bits per heavy atom. The standard InChI is InChI=1S/C13H9ClFN3O3/c14-8-1-2-9(7(6-16)12(8)15)17-10-5-11(20)18(3-4-19)13(10)21/h1-2,5,17,19H,3-4H2. The summed E-state index contributed by atoms with van der Waals surface area (Å²) in [5.41, 5.74) is -0.437. The number of halogens is 2. The van der Waals surface area contributed by atoms with E-state index in [1.165, 1.54) is 12.1 Å². The van der Waals surface area contributed by atoms with E-state index in [1.54, 1.807) is 6.07 Å². The number of anilines is 1. The number of nitrogens with one attached hydrogen (secondary N) is 1. The number of aliphatic hydroxyl groups is 1. The number of β-amino-alcohol motifs (C(OH)–C–C–N with tert-alkyl or cyclic N) is 1. The lowest BCUT2D eigenvalue weighted by Crippen LogP contribution is -2.34. The van der Waals surface area contributed by atoms with Crippen LogP contribution in [0.2, 0.25) is 5.02 Å². The Kier molecular flexibility index (Phi) is 4.21. The van der Waals surface area contributed by atoms with Gasteiger partial charge in [0, 0.05) is 6.08 Å². The maximum Gasteiger partial charge on any atom is 0.277 e. The first kappa shape index (κ1) is 15.0. The van der Waals surface area contributed by atoms with Crippen molar-refractivity contribution in [3.05, 3.63) is 40.3 Å². The quantitative estimate of drug-likeness (QED) is 0.810. The topological polar surface area (TPSA) is 93.4 Å². The number of imide groups is 1. The zero-order valence-electron chi connectivity index (χ0n) is 10.6. The second-order valence-electron chi connectivity index (χ2n) is 4.10. The molecule has 0 saturated carbocycles. The lowest BCUT2D eigenvalue weighted by Gasteiger charge is -2.14. The first-order valence-electron chi connectivity index (χ1n) is 5.83. The van der Waals surface area contributed by atoms with E-state index < -0.39 is 17.6 Å². The molecule has 6 nitrogen and oxygen atoms in total. The Labute approximate surface area is 124 Å². The largest absolute Gasteiger partial charge is 0.395 e. The second-order valence-corrected chi connectivity index (χ2v) is 4.50. The normalized spacial score (nSPS) is 14.2. The number of benzene rings is 1. The number of rotatable bonds is 4. The summed E-state index contributed by atoms with van der Waals surface area (Å²) in [4.78, 5) is 24.3. The summed E-state index contributed by atoms with van der Waals surface area (Å²) in [6.45, 7) is -0.503. The van der Waals surface area contributed by atoms with Crippen molar-refractivity contribution < 1.29 is 19.1 Å². The molecule has 21 heavy (non-hydrogen) atoms. The lowest BCUT2D eigenvalue weighted by atomic mass is 10.1. The first-order valence-corrected chi connectivity index (χ1v) is 6.21. The number of amides is 2. The molecule has 1 aromatic carbocycles. The van der Waals surface area contributed by atoms with E-state index in [2.05, 4.69) is 5.32 Å². The minimum Gasteiger partial charge on any atom is -0.395 e. The van der Waals surface area contributed by atoms with Crippen LogP contribution >= 0.6 is 11.6 Å². The average Bonchev–Trinajstić information content (AvgIpc) is 2.71. The van der Waals surface area contributed by atoms with Crippen LogP contribution in [0.4, 0.5) is 10.1 Å². The fourth-order valence-corrected chi connectivity index (χ4v) is 1.98. The molecule has 0 radical (unpaired) electrons. The summed E-state index contributed by atoms with van der Waals surface area (Å²) in [5.74, 6) is -2.16. The summed E-state index contributed by atoms with van der Waals surface area (Å²) < 4.78 is 13.7. The van der Waals surface area contributed by atoms with E-state index in [4.69, 9.17) is 22.0 Å². The Morgan fingerprint density at radius 3 is 2.76 bits per heavy atom. The predicted octanol–water partition coefficient (Wildman–Crippen LogP) is 1.01. The first-order chi connectivity index (χ1) is 9.99. The molecular weight excluding hydrogens is 301 g/mol. The minimum atomic E-state index is -0.909. The van der Waals surface area contributed by atoms with Gasteiger partial charge in [0.25, 0.3) is 11.8 Å². The Bertz CT molecular complexity index is 697. The second kappa shape index (κ2) is 5.91. The van der Waals surface area contributed by atoms with Crippen LogP contribution in [0, 0.1) is 17.1 Å². The predicted molar refractivity (Wildman–Crippen MR) is 71.6 cm³/mol. The van der Waals surface area contributed by atoms with Crippen molar-refractivity contribution in [3.63, 3.8) is 0 Å². The van der Waals surface area contributed by atoms with Crippen LogP contribution in [-0.4, -0.2) is 35.0 Å². The van der Waals surface area contributed by atoms with Crippen molar-refractivity contribution in [3.8, 4) is 6.07 Å². The smallest absolute Gasteiger partial charge is 0.277 e. The maximum atomic E-state index is 13.7. The van der Waals surface area contributed by atoms with Crippen molar-refractivity contribution in [2.45, 2.75) is 0 Å². The highest BCUT2D eigenvalue weighted by atomic mass is 35.5. The summed E-state index contributed by atoms with van der Waals surface area (Å²) in [7, 11) is 0. The van der Waals surface area contributed by atoms with Gasteiger partial charge in [0.15, 0.2) is 5.82 Å². The van der Waals surface area contributed by atoms with Crippen LogP contribution in [0.5, 0.6) is 0 Å². The number of hydrogen-bond acceptors (Lipinski definition) is 5. The molecule has 2 amide bonds. The number of hydrogen-bond donors (Lipinski definition) is 2. The summed E-state index contributed by atoms with van der Waals surface area (Å²) in [6, 6.07) is 4.20. The van der Waals surface area contributed by atoms with Gasteiger partial charge in [0.05, 0.1) is 23.9 Å². The minimum absolute atomic E-state index is 0.0256. The third kappa shape index (κ3) is 2.72. The van der Waals surface area contributed by atoms with Gasteiger partial charge in [-0.1, -0.05) is 11.6 Å². The summed E-state index contributed by atoms with van der Waals surface area (Å²) in [6.07, 6.45) is 1.02. The number of nitriles is 1. The Hall–Kier alpha value is -2.43. The highest BCUT2D eigenvalue weighted by Gasteiger charge is 2.31. The van der Waals surface area contributed by atoms with E-state index in [0.717, 1.165) is 11.0 Å². The molecule has 1 aromatic rings. The van der Waals surface area contributed by atoms with Gasteiger partial charge in [-0.25, -0.2) is 4.39 Å². The van der Waals surface area contributed by atoms with Crippen LogP contribution < -0.4 is 5.32 Å². The molecule has 0 bridgehead atoms. The van der Waals surface area contributed by atoms with Gasteiger partial charge in [-0.05, 0) is 12.1 Å². The van der Waals surface area contributed by atoms with Gasteiger partial charge < -0.3 is 10.4 Å². The van der Waals surface area contributed by atoms with E-state index in [-0.39, 0.29) is 35.1 Å². The van der Waals surface area contributed by atoms with Crippen molar-refractivity contribution in [2.75, 3.05) is 18.5 Å². The molecule has 0 fully saturated rings. The van der Waals surface area contributed by atoms with Crippen molar-refractivity contribution in [2.24, 2.45) is 0 Å². The molecule has 1 heterocycles. The number of carbonyl (C=O) groups excluding carboxylic acids is 2. The van der Waals surface area contributed by atoms with Gasteiger partial charge in [0.1, 0.15) is 17.3 Å². The Morgan fingerprint density at radius 2 is 2.14 bits per heavy atom. The zero-order chi connectivity index (χ0) is 15.6. The van der Waals surface area contributed by atoms with Gasteiger partial charge in [0.2, 0.25) is 0 Å². The molecule has 1 aliphatic heterocycles. The SMILES string of the molecule is N#Cc1c(NC2=CC(=O)N(CCO)C2=O)ccc(Cl)c1F. The third-order valence-electron chi connectivity index (χ3n) is 2.81. The molecular formula is C13H9ClFN3O3. The molecule has 0 atom stereocenters. The summed E-state index contributed by atoms with van der Waals surface area (Å²) >= 11 is 5.57. The highest BCUT2D eigenvalue weighted by Crippen LogP contribution is 2.27. The van der Waals surface area contributed by atoms with Crippen LogP contribution in [0.25, 0.3) is 0 Å². The van der Waals surface area contributed by atoms with E-state index in [9.17, 15) is 14.0 Å². The molecule has 0 saturated heterocycles. The van der Waals surface area contributed by atoms with Crippen molar-refractivity contribution in [1.29, 1.82) is 5.26 Å². The Balaban J connectivity index is 2.31. The lowest BCUT2D eigenvalue weighted by molar-refractivity contribution is -0.137. The van der Waals surface area contributed by atoms with Crippen LogP contribution in [-0.2, 0) is 9.59 Å². The van der Waals surface area contributed by atoms with E-state index in [1.807, 2.05) is 0 Å². The van der Waals surface area contributed by atoms with Crippen molar-refractivity contribution in [1.82, 2.24) is 4.90 Å². The molecule has 0 aliphatic carbocycles. The van der Waals surface area contributed by atoms with Gasteiger partial charge in [-0.2, -0.15) is 5.26 Å². The third-order valence-corrected chi connectivity index (χ3v) is 3.10. The molecule has 2 N–H and O–H groups in total. The maximum absolute atomic E-state index is 13.7. The van der Waals surface area contributed by atoms with E-state index in [0.29, 0.717) is 0 Å². The van der Waals surface area contributed by atoms with Gasteiger partial charge in [-0.15, -0.1) is 0 Å². The molecule has 0 spiro atoms. The number of aliphatic hydroxyl groups excluding tert-OH is 1. The van der Waals surface area contributed by atoms with Gasteiger partial charge >= 0.3 is 0 Å². The molecule has 2 rings (SSSR count). The molecule has 0 aromatic heterocycles. The fraction of sp³-hybridized carbons (Fsp3) is 0.154. The molecule has 0 unspecified atom stereocenters. The molecule has 8 heteroatoms. The van der Waals surface area contributed by atoms with Crippen LogP contribution in [0.3, 0.4) is 0 Å². The van der Waals surface area contributed by atoms with E-state index >= 15 is 0 Å². The number of carbonyl (C=O) groups is 2. The van der Waals surface area contributed by atoms with Crippen LogP contribution in [0.1, 0.15) is 5.56 Å². The average molecular weight is 310 g/mol. The molecule has 108 valence electrons. The summed E-state index contributed by atoms with van der Waals surface area (Å²) in [5, 5.41) is 20.1. The monoisotopic (exact) mass is 309 g/mol. The van der Waals surface area contributed by atoms with Gasteiger partial charge in [-0.3, -0.25) is 14.5 Å².